The minimum Gasteiger partial charge on any atom is -0.481 e. The molecular formula is C22H31N5O6. The molecule has 1 unspecified atom stereocenters. The molecule has 3 N–H and O–H groups in total. The van der Waals surface area contributed by atoms with Gasteiger partial charge in [-0.25, -0.2) is 9.59 Å². The van der Waals surface area contributed by atoms with Gasteiger partial charge in [-0.15, -0.1) is 0 Å². The van der Waals surface area contributed by atoms with Gasteiger partial charge < -0.3 is 25.4 Å². The molecule has 180 valence electrons. The number of fused-ring (bicyclic) bond motifs is 1. The van der Waals surface area contributed by atoms with E-state index in [9.17, 15) is 19.2 Å². The van der Waals surface area contributed by atoms with Gasteiger partial charge >= 0.3 is 17.8 Å². The lowest BCUT2D eigenvalue weighted by molar-refractivity contribution is -0.137. The summed E-state index contributed by atoms with van der Waals surface area (Å²) >= 11 is 0. The van der Waals surface area contributed by atoms with Crippen molar-refractivity contribution in [3.05, 3.63) is 28.7 Å². The minimum atomic E-state index is -1.07. The topological polar surface area (TPSA) is 140 Å². The quantitative estimate of drug-likeness (QED) is 0.660. The van der Waals surface area contributed by atoms with Crippen molar-refractivity contribution >= 4 is 34.7 Å². The number of piperazine rings is 1. The molecule has 1 aromatic carbocycles. The lowest BCUT2D eigenvalue weighted by atomic mass is 10.1. The zero-order valence-corrected chi connectivity index (χ0v) is 19.4. The van der Waals surface area contributed by atoms with Crippen LogP contribution < -0.4 is 16.3 Å². The number of benzene rings is 1. The highest BCUT2D eigenvalue weighted by atomic mass is 16.6. The number of carbonyl (C=O) groups is 3. The molecule has 0 spiro atoms. The van der Waals surface area contributed by atoms with Crippen LogP contribution in [-0.4, -0.2) is 68.9 Å². The van der Waals surface area contributed by atoms with Gasteiger partial charge in [0, 0.05) is 45.3 Å². The minimum absolute atomic E-state index is 0.0714. The summed E-state index contributed by atoms with van der Waals surface area (Å²) in [5.41, 5.74) is 6.49. The Balaban J connectivity index is 1.83. The van der Waals surface area contributed by atoms with Gasteiger partial charge in [-0.05, 0) is 45.4 Å². The van der Waals surface area contributed by atoms with E-state index in [-0.39, 0.29) is 18.9 Å². The number of hydrogen-bond donors (Lipinski definition) is 2. The van der Waals surface area contributed by atoms with Crippen molar-refractivity contribution in [1.82, 2.24) is 14.0 Å². The summed E-state index contributed by atoms with van der Waals surface area (Å²) in [6, 6.07) is 4.38. The molecule has 3 rings (SSSR count). The number of anilines is 1. The Kier molecular flexibility index (Phi) is 6.71. The van der Waals surface area contributed by atoms with E-state index >= 15 is 0 Å². The van der Waals surface area contributed by atoms with Crippen molar-refractivity contribution < 1.29 is 24.2 Å². The molecule has 11 heteroatoms. The van der Waals surface area contributed by atoms with Gasteiger partial charge in [0.1, 0.15) is 11.6 Å². The number of rotatable bonds is 6. The maximum atomic E-state index is 12.9. The van der Waals surface area contributed by atoms with Crippen molar-refractivity contribution in [3.63, 3.8) is 0 Å². The number of aliphatic carboxylic acids is 1. The number of carboxylic acids is 1. The number of nitrogens with zero attached hydrogens (tertiary/aromatic N) is 4. The number of imidazole rings is 1. The second-order valence-corrected chi connectivity index (χ2v) is 9.19. The van der Waals surface area contributed by atoms with Crippen LogP contribution in [0.15, 0.2) is 23.0 Å². The number of nitrogens with two attached hydrogens (primary N) is 1. The third-order valence-electron chi connectivity index (χ3n) is 5.64. The molecular weight excluding hydrogens is 430 g/mol. The Hall–Kier alpha value is -3.50. The molecule has 2 heterocycles. The van der Waals surface area contributed by atoms with Crippen LogP contribution in [0.4, 0.5) is 10.5 Å². The molecule has 2 amide bonds. The Morgan fingerprint density at radius 2 is 1.76 bits per heavy atom. The van der Waals surface area contributed by atoms with Crippen LogP contribution in [0.25, 0.3) is 11.0 Å². The summed E-state index contributed by atoms with van der Waals surface area (Å²) in [5.74, 6) is -1.82. The fraction of sp³-hybridized carbons (Fsp3) is 0.545. The second kappa shape index (κ2) is 9.16. The van der Waals surface area contributed by atoms with Crippen LogP contribution in [0.5, 0.6) is 0 Å². The van der Waals surface area contributed by atoms with Crippen molar-refractivity contribution in [3.8, 4) is 0 Å². The number of amides is 2. The Labute approximate surface area is 191 Å². The lowest BCUT2D eigenvalue weighted by Gasteiger charge is -2.36. The molecule has 0 aliphatic carbocycles. The third kappa shape index (κ3) is 5.29. The SMILES string of the molecule is Cn1c(=O)n(C(CCC(=O)O)C(N)=O)c2ccc(N3CCN(C(=O)OC(C)(C)C)CC3)cc21. The molecule has 0 radical (unpaired) electrons. The van der Waals surface area contributed by atoms with Crippen LogP contribution in [-0.2, 0) is 21.4 Å². The molecule has 33 heavy (non-hydrogen) atoms. The first-order valence-corrected chi connectivity index (χ1v) is 10.8. The summed E-state index contributed by atoms with van der Waals surface area (Å²) in [7, 11) is 1.60. The average Bonchev–Trinajstić information content (AvgIpc) is 2.97. The maximum absolute atomic E-state index is 12.9. The number of carboxylic acid groups (broad SMARTS) is 1. The van der Waals surface area contributed by atoms with Crippen LogP contribution in [0.1, 0.15) is 39.7 Å². The highest BCUT2D eigenvalue weighted by Gasteiger charge is 2.28. The highest BCUT2D eigenvalue weighted by molar-refractivity contribution is 5.85. The van der Waals surface area contributed by atoms with Gasteiger partial charge in [0.2, 0.25) is 5.91 Å². The monoisotopic (exact) mass is 461 g/mol. The van der Waals surface area contributed by atoms with Gasteiger partial charge in [-0.2, -0.15) is 0 Å². The number of carbonyl (C=O) groups excluding carboxylic acids is 2. The van der Waals surface area contributed by atoms with Gasteiger partial charge in [0.05, 0.1) is 11.0 Å². The number of hydrogen-bond acceptors (Lipinski definition) is 6. The highest BCUT2D eigenvalue weighted by Crippen LogP contribution is 2.26. The van der Waals surface area contributed by atoms with Crippen molar-refractivity contribution in [1.29, 1.82) is 0 Å². The van der Waals surface area contributed by atoms with Gasteiger partial charge in [0.15, 0.2) is 0 Å². The summed E-state index contributed by atoms with van der Waals surface area (Å²) in [6.07, 6.45) is -0.690. The van der Waals surface area contributed by atoms with Gasteiger partial charge in [0.25, 0.3) is 0 Å². The first kappa shape index (κ1) is 24.1. The number of aromatic nitrogens is 2. The van der Waals surface area contributed by atoms with E-state index in [1.807, 2.05) is 32.9 Å². The Morgan fingerprint density at radius 1 is 1.12 bits per heavy atom. The normalized spacial score (nSPS) is 15.5. The van der Waals surface area contributed by atoms with Gasteiger partial charge in [-0.1, -0.05) is 0 Å². The summed E-state index contributed by atoms with van der Waals surface area (Å²) < 4.78 is 8.13. The predicted octanol–water partition coefficient (Wildman–Crippen LogP) is 1.29. The summed E-state index contributed by atoms with van der Waals surface area (Å²) in [4.78, 5) is 52.0. The van der Waals surface area contributed by atoms with Crippen LogP contribution in [0, 0.1) is 0 Å². The smallest absolute Gasteiger partial charge is 0.410 e. The average molecular weight is 462 g/mol. The second-order valence-electron chi connectivity index (χ2n) is 9.19. The number of aryl methyl sites for hydroxylation is 1. The van der Waals surface area contributed by atoms with E-state index in [0.717, 1.165) is 5.69 Å². The molecule has 1 aromatic heterocycles. The third-order valence-corrected chi connectivity index (χ3v) is 5.64. The molecule has 1 aliphatic heterocycles. The number of ether oxygens (including phenoxy) is 1. The van der Waals surface area contributed by atoms with Crippen LogP contribution >= 0.6 is 0 Å². The van der Waals surface area contributed by atoms with Gasteiger partial charge in [-0.3, -0.25) is 18.7 Å². The predicted molar refractivity (Wildman–Crippen MR) is 122 cm³/mol. The zero-order valence-electron chi connectivity index (χ0n) is 19.4. The van der Waals surface area contributed by atoms with E-state index in [0.29, 0.717) is 37.2 Å². The first-order chi connectivity index (χ1) is 15.4. The molecule has 1 aliphatic rings. The standard InChI is InChI=1S/C22H31N5O6/c1-22(2,3)33-21(32)26-11-9-25(10-12-26)14-5-6-15-17(13-14)24(4)20(31)27(15)16(19(23)30)7-8-18(28)29/h5-6,13,16H,7-12H2,1-4H3,(H2,23,30)(H,28,29). The summed E-state index contributed by atoms with van der Waals surface area (Å²) in [5, 5.41) is 8.99. The molecule has 2 aromatic rings. The molecule has 1 fully saturated rings. The summed E-state index contributed by atoms with van der Waals surface area (Å²) in [6.45, 7) is 7.70. The molecule has 1 atom stereocenters. The first-order valence-electron chi connectivity index (χ1n) is 10.8. The van der Waals surface area contributed by atoms with E-state index in [1.165, 1.54) is 9.13 Å². The van der Waals surface area contributed by atoms with Crippen LogP contribution in [0.3, 0.4) is 0 Å². The number of primary amides is 1. The molecule has 11 nitrogen and oxygen atoms in total. The van der Waals surface area contributed by atoms with E-state index in [1.54, 1.807) is 18.0 Å². The maximum Gasteiger partial charge on any atom is 0.410 e. The molecule has 0 bridgehead atoms. The van der Waals surface area contributed by atoms with Crippen molar-refractivity contribution in [2.45, 2.75) is 45.3 Å². The van der Waals surface area contributed by atoms with E-state index in [2.05, 4.69) is 4.90 Å². The Morgan fingerprint density at radius 3 is 2.30 bits per heavy atom. The van der Waals surface area contributed by atoms with E-state index < -0.39 is 29.2 Å². The fourth-order valence-corrected chi connectivity index (χ4v) is 3.98. The lowest BCUT2D eigenvalue weighted by Crippen LogP contribution is -2.50. The Bertz CT molecular complexity index is 1120. The molecule has 1 saturated heterocycles. The molecule has 0 saturated carbocycles. The fourth-order valence-electron chi connectivity index (χ4n) is 3.98. The zero-order chi connectivity index (χ0) is 24.5. The van der Waals surface area contributed by atoms with Crippen molar-refractivity contribution in [2.75, 3.05) is 31.1 Å². The van der Waals surface area contributed by atoms with E-state index in [4.69, 9.17) is 15.6 Å². The van der Waals surface area contributed by atoms with Crippen molar-refractivity contribution in [2.24, 2.45) is 12.8 Å². The largest absolute Gasteiger partial charge is 0.481 e. The van der Waals surface area contributed by atoms with Crippen LogP contribution in [0.2, 0.25) is 0 Å².